The highest BCUT2D eigenvalue weighted by Crippen LogP contribution is 2.21. The van der Waals surface area contributed by atoms with Crippen LogP contribution >= 0.6 is 0 Å². The van der Waals surface area contributed by atoms with Crippen LogP contribution in [-0.2, 0) is 4.79 Å². The first-order valence-corrected chi connectivity index (χ1v) is 8.29. The SMILES string of the molecule is CC[C@@H](Oc1ccccc1C)C(=O)Nc1ccc(OC(C)C)cc1. The molecule has 0 aliphatic carbocycles. The van der Waals surface area contributed by atoms with Crippen LogP contribution in [0.2, 0.25) is 0 Å². The first kappa shape index (κ1) is 17.9. The van der Waals surface area contributed by atoms with E-state index >= 15 is 0 Å². The molecule has 1 amide bonds. The Kier molecular flexibility index (Phi) is 6.24. The summed E-state index contributed by atoms with van der Waals surface area (Å²) in [4.78, 5) is 12.5. The van der Waals surface area contributed by atoms with E-state index in [-0.39, 0.29) is 12.0 Å². The number of hydrogen-bond donors (Lipinski definition) is 1. The summed E-state index contributed by atoms with van der Waals surface area (Å²) < 4.78 is 11.5. The largest absolute Gasteiger partial charge is 0.491 e. The number of rotatable bonds is 7. The number of para-hydroxylation sites is 1. The van der Waals surface area contributed by atoms with Crippen molar-refractivity contribution >= 4 is 11.6 Å². The minimum absolute atomic E-state index is 0.123. The van der Waals surface area contributed by atoms with Crippen LogP contribution in [0.3, 0.4) is 0 Å². The molecular formula is C20H25NO3. The quantitative estimate of drug-likeness (QED) is 0.810. The normalized spacial score (nSPS) is 11.9. The Balaban J connectivity index is 2.00. The van der Waals surface area contributed by atoms with Gasteiger partial charge in [-0.1, -0.05) is 25.1 Å². The third-order valence-corrected chi connectivity index (χ3v) is 3.52. The topological polar surface area (TPSA) is 47.6 Å². The van der Waals surface area contributed by atoms with Crippen molar-refractivity contribution in [3.05, 3.63) is 54.1 Å². The summed E-state index contributed by atoms with van der Waals surface area (Å²) in [7, 11) is 0. The number of benzene rings is 2. The summed E-state index contributed by atoms with van der Waals surface area (Å²) in [5.41, 5.74) is 1.74. The maximum atomic E-state index is 12.5. The molecule has 0 bridgehead atoms. The van der Waals surface area contributed by atoms with Gasteiger partial charge in [0, 0.05) is 5.69 Å². The molecule has 2 aromatic rings. The van der Waals surface area contributed by atoms with Crippen LogP contribution < -0.4 is 14.8 Å². The molecule has 0 fully saturated rings. The lowest BCUT2D eigenvalue weighted by atomic mass is 10.2. The first-order chi connectivity index (χ1) is 11.5. The van der Waals surface area contributed by atoms with Gasteiger partial charge in [-0.3, -0.25) is 4.79 Å². The fraction of sp³-hybridized carbons (Fsp3) is 0.350. The van der Waals surface area contributed by atoms with Crippen LogP contribution in [0.5, 0.6) is 11.5 Å². The van der Waals surface area contributed by atoms with Crippen molar-refractivity contribution in [1.82, 2.24) is 0 Å². The van der Waals surface area contributed by atoms with Crippen molar-refractivity contribution in [1.29, 1.82) is 0 Å². The van der Waals surface area contributed by atoms with E-state index in [2.05, 4.69) is 5.32 Å². The molecule has 0 heterocycles. The number of carbonyl (C=O) groups is 1. The third kappa shape index (κ3) is 5.01. The lowest BCUT2D eigenvalue weighted by molar-refractivity contribution is -0.122. The maximum absolute atomic E-state index is 12.5. The molecule has 0 aromatic heterocycles. The van der Waals surface area contributed by atoms with Gasteiger partial charge in [-0.25, -0.2) is 0 Å². The van der Waals surface area contributed by atoms with E-state index in [1.807, 2.05) is 76.2 Å². The minimum Gasteiger partial charge on any atom is -0.491 e. The van der Waals surface area contributed by atoms with Crippen LogP contribution in [0, 0.1) is 6.92 Å². The van der Waals surface area contributed by atoms with Gasteiger partial charge < -0.3 is 14.8 Å². The number of nitrogens with one attached hydrogen (secondary N) is 1. The second kappa shape index (κ2) is 8.39. The number of anilines is 1. The third-order valence-electron chi connectivity index (χ3n) is 3.52. The van der Waals surface area contributed by atoms with Crippen molar-refractivity contribution in [3.8, 4) is 11.5 Å². The van der Waals surface area contributed by atoms with Crippen molar-refractivity contribution in [2.75, 3.05) is 5.32 Å². The van der Waals surface area contributed by atoms with Crippen molar-refractivity contribution in [2.24, 2.45) is 0 Å². The Morgan fingerprint density at radius 1 is 1.04 bits per heavy atom. The van der Waals surface area contributed by atoms with E-state index in [0.717, 1.165) is 22.7 Å². The van der Waals surface area contributed by atoms with Gasteiger partial charge in [-0.15, -0.1) is 0 Å². The summed E-state index contributed by atoms with van der Waals surface area (Å²) >= 11 is 0. The van der Waals surface area contributed by atoms with Gasteiger partial charge in [0.2, 0.25) is 0 Å². The van der Waals surface area contributed by atoms with Crippen LogP contribution in [0.4, 0.5) is 5.69 Å². The monoisotopic (exact) mass is 327 g/mol. The molecule has 0 aliphatic rings. The molecule has 0 saturated carbocycles. The van der Waals surface area contributed by atoms with Gasteiger partial charge in [-0.05, 0) is 63.1 Å². The molecule has 2 rings (SSSR count). The molecule has 1 N–H and O–H groups in total. The van der Waals surface area contributed by atoms with E-state index in [0.29, 0.717) is 6.42 Å². The molecule has 4 nitrogen and oxygen atoms in total. The Labute approximate surface area is 143 Å². The Morgan fingerprint density at radius 3 is 2.29 bits per heavy atom. The molecule has 4 heteroatoms. The van der Waals surface area contributed by atoms with Crippen LogP contribution in [-0.4, -0.2) is 18.1 Å². The second-order valence-electron chi connectivity index (χ2n) is 5.96. The number of hydrogen-bond acceptors (Lipinski definition) is 3. The predicted octanol–water partition coefficient (Wildman–Crippen LogP) is 4.58. The van der Waals surface area contributed by atoms with Gasteiger partial charge in [0.25, 0.3) is 5.91 Å². The van der Waals surface area contributed by atoms with E-state index in [4.69, 9.17) is 9.47 Å². The van der Waals surface area contributed by atoms with Crippen molar-refractivity contribution in [3.63, 3.8) is 0 Å². The number of ether oxygens (including phenoxy) is 2. The smallest absolute Gasteiger partial charge is 0.265 e. The highest BCUT2D eigenvalue weighted by molar-refractivity contribution is 5.94. The van der Waals surface area contributed by atoms with E-state index in [1.54, 1.807) is 0 Å². The van der Waals surface area contributed by atoms with Crippen molar-refractivity contribution in [2.45, 2.75) is 46.3 Å². The van der Waals surface area contributed by atoms with E-state index in [9.17, 15) is 4.79 Å². The summed E-state index contributed by atoms with van der Waals surface area (Å²) in [6.07, 6.45) is 0.185. The Hall–Kier alpha value is -2.49. The average molecular weight is 327 g/mol. The van der Waals surface area contributed by atoms with Gasteiger partial charge >= 0.3 is 0 Å². The first-order valence-electron chi connectivity index (χ1n) is 8.29. The van der Waals surface area contributed by atoms with Gasteiger partial charge in [0.1, 0.15) is 11.5 Å². The zero-order chi connectivity index (χ0) is 17.5. The Morgan fingerprint density at radius 2 is 1.71 bits per heavy atom. The van der Waals surface area contributed by atoms with Gasteiger partial charge in [0.05, 0.1) is 6.10 Å². The average Bonchev–Trinajstić information content (AvgIpc) is 2.55. The standard InChI is InChI=1S/C20H25NO3/c1-5-18(24-19-9-7-6-8-15(19)4)20(22)21-16-10-12-17(13-11-16)23-14(2)3/h6-14,18H,5H2,1-4H3,(H,21,22)/t18-/m1/s1. The summed E-state index contributed by atoms with van der Waals surface area (Å²) in [6, 6.07) is 15.0. The van der Waals surface area contributed by atoms with E-state index in [1.165, 1.54) is 0 Å². The maximum Gasteiger partial charge on any atom is 0.265 e. The molecule has 1 atom stereocenters. The zero-order valence-corrected chi connectivity index (χ0v) is 14.7. The Bertz CT molecular complexity index is 665. The zero-order valence-electron chi connectivity index (χ0n) is 14.7. The van der Waals surface area contributed by atoms with Gasteiger partial charge in [0.15, 0.2) is 6.10 Å². The molecule has 0 saturated heterocycles. The van der Waals surface area contributed by atoms with E-state index < -0.39 is 6.10 Å². The molecule has 0 unspecified atom stereocenters. The predicted molar refractivity (Wildman–Crippen MR) is 96.7 cm³/mol. The molecule has 0 aliphatic heterocycles. The summed E-state index contributed by atoms with van der Waals surface area (Å²) in [5.74, 6) is 1.37. The van der Waals surface area contributed by atoms with Gasteiger partial charge in [-0.2, -0.15) is 0 Å². The number of carbonyl (C=O) groups excluding carboxylic acids is 1. The second-order valence-corrected chi connectivity index (χ2v) is 5.96. The number of aryl methyl sites for hydroxylation is 1. The highest BCUT2D eigenvalue weighted by Gasteiger charge is 2.19. The van der Waals surface area contributed by atoms with Crippen LogP contribution in [0.1, 0.15) is 32.8 Å². The molecule has 0 spiro atoms. The fourth-order valence-electron chi connectivity index (χ4n) is 2.28. The lowest BCUT2D eigenvalue weighted by Crippen LogP contribution is -2.32. The summed E-state index contributed by atoms with van der Waals surface area (Å²) in [5, 5.41) is 2.89. The fourth-order valence-corrected chi connectivity index (χ4v) is 2.28. The van der Waals surface area contributed by atoms with Crippen LogP contribution in [0.25, 0.3) is 0 Å². The highest BCUT2D eigenvalue weighted by atomic mass is 16.5. The van der Waals surface area contributed by atoms with Crippen LogP contribution in [0.15, 0.2) is 48.5 Å². The molecule has 128 valence electrons. The number of amides is 1. The van der Waals surface area contributed by atoms with Crippen molar-refractivity contribution < 1.29 is 14.3 Å². The lowest BCUT2D eigenvalue weighted by Gasteiger charge is -2.18. The molecule has 2 aromatic carbocycles. The summed E-state index contributed by atoms with van der Waals surface area (Å²) in [6.45, 7) is 7.85. The molecule has 24 heavy (non-hydrogen) atoms. The molecular weight excluding hydrogens is 302 g/mol. The minimum atomic E-state index is -0.530. The molecule has 0 radical (unpaired) electrons.